The molecule has 1 aliphatic rings. The predicted octanol–water partition coefficient (Wildman–Crippen LogP) is 1.43. The van der Waals surface area contributed by atoms with E-state index in [9.17, 15) is 0 Å². The fourth-order valence-corrected chi connectivity index (χ4v) is 2.39. The van der Waals surface area contributed by atoms with Gasteiger partial charge in [-0.25, -0.2) is 4.98 Å². The molecule has 1 aliphatic heterocycles. The van der Waals surface area contributed by atoms with Crippen molar-refractivity contribution in [2.24, 2.45) is 0 Å². The molecule has 1 aromatic rings. The van der Waals surface area contributed by atoms with Crippen LogP contribution in [0.15, 0.2) is 10.7 Å². The number of anilines is 2. The van der Waals surface area contributed by atoms with Gasteiger partial charge in [0.15, 0.2) is 0 Å². The minimum atomic E-state index is 0.201. The lowest BCUT2D eigenvalue weighted by Gasteiger charge is -2.36. The van der Waals surface area contributed by atoms with E-state index in [4.69, 9.17) is 10.5 Å². The molecule has 2 heterocycles. The first-order valence-corrected chi connectivity index (χ1v) is 6.04. The van der Waals surface area contributed by atoms with E-state index in [2.05, 4.69) is 44.6 Å². The zero-order valence-corrected chi connectivity index (χ0v) is 10.9. The summed E-state index contributed by atoms with van der Waals surface area (Å²) in [4.78, 5) is 10.4. The normalized spacial score (nSPS) is 25.8. The first-order chi connectivity index (χ1) is 7.56. The van der Waals surface area contributed by atoms with Crippen LogP contribution in [0, 0.1) is 0 Å². The lowest BCUT2D eigenvalue weighted by Crippen LogP contribution is -2.46. The van der Waals surface area contributed by atoms with Crippen molar-refractivity contribution in [1.82, 2.24) is 9.97 Å². The number of rotatable bonds is 1. The molecule has 88 valence electrons. The van der Waals surface area contributed by atoms with E-state index in [1.54, 1.807) is 6.20 Å². The molecule has 5 nitrogen and oxygen atoms in total. The Bertz CT molecular complexity index is 377. The molecule has 0 aromatic carbocycles. The van der Waals surface area contributed by atoms with Crippen molar-refractivity contribution in [3.63, 3.8) is 0 Å². The van der Waals surface area contributed by atoms with Crippen molar-refractivity contribution in [1.29, 1.82) is 0 Å². The van der Waals surface area contributed by atoms with Crippen LogP contribution in [0.1, 0.15) is 13.8 Å². The van der Waals surface area contributed by atoms with Crippen LogP contribution < -0.4 is 10.6 Å². The van der Waals surface area contributed by atoms with E-state index in [1.165, 1.54) is 0 Å². The van der Waals surface area contributed by atoms with Crippen LogP contribution in [0.4, 0.5) is 11.8 Å². The van der Waals surface area contributed by atoms with E-state index < -0.39 is 0 Å². The van der Waals surface area contributed by atoms with Crippen LogP contribution in [0.3, 0.4) is 0 Å². The molecule has 0 saturated carbocycles. The Kier molecular flexibility index (Phi) is 3.30. The summed E-state index contributed by atoms with van der Waals surface area (Å²) in [6.45, 7) is 5.75. The third-order valence-electron chi connectivity index (χ3n) is 2.46. The highest BCUT2D eigenvalue weighted by Crippen LogP contribution is 2.26. The topological polar surface area (TPSA) is 64.3 Å². The summed E-state index contributed by atoms with van der Waals surface area (Å²) in [6, 6.07) is 0. The fourth-order valence-electron chi connectivity index (χ4n) is 1.94. The Morgan fingerprint density at radius 2 is 2.06 bits per heavy atom. The van der Waals surface area contributed by atoms with E-state index in [0.717, 1.165) is 23.4 Å². The molecule has 2 atom stereocenters. The summed E-state index contributed by atoms with van der Waals surface area (Å²) < 4.78 is 6.54. The Hall–Kier alpha value is -0.880. The minimum Gasteiger partial charge on any atom is -0.372 e. The maximum Gasteiger partial charge on any atom is 0.222 e. The van der Waals surface area contributed by atoms with Gasteiger partial charge in [-0.05, 0) is 29.8 Å². The Balaban J connectivity index is 2.25. The van der Waals surface area contributed by atoms with E-state index in [0.29, 0.717) is 5.95 Å². The standard InChI is InChI=1S/C10H15BrN4O/c1-6-4-15(5-7(2)16-6)9-8(11)3-13-10(12)14-9/h3,6-7H,4-5H2,1-2H3,(H2,12,13,14)/t6-,7+. The highest BCUT2D eigenvalue weighted by molar-refractivity contribution is 9.10. The number of ether oxygens (including phenoxy) is 1. The molecule has 2 N–H and O–H groups in total. The smallest absolute Gasteiger partial charge is 0.222 e. The van der Waals surface area contributed by atoms with Gasteiger partial charge in [0, 0.05) is 19.3 Å². The zero-order valence-electron chi connectivity index (χ0n) is 9.35. The first-order valence-electron chi connectivity index (χ1n) is 5.24. The Morgan fingerprint density at radius 3 is 2.69 bits per heavy atom. The number of nitrogens with two attached hydrogens (primary N) is 1. The van der Waals surface area contributed by atoms with Gasteiger partial charge >= 0.3 is 0 Å². The van der Waals surface area contributed by atoms with Gasteiger partial charge < -0.3 is 15.4 Å². The third-order valence-corrected chi connectivity index (χ3v) is 3.02. The molecule has 0 aliphatic carbocycles. The summed E-state index contributed by atoms with van der Waals surface area (Å²) in [6.07, 6.45) is 2.08. The highest BCUT2D eigenvalue weighted by Gasteiger charge is 2.24. The molecule has 2 rings (SSSR count). The van der Waals surface area contributed by atoms with Crippen molar-refractivity contribution in [3.05, 3.63) is 10.7 Å². The number of aromatic nitrogens is 2. The highest BCUT2D eigenvalue weighted by atomic mass is 79.9. The second kappa shape index (κ2) is 4.55. The lowest BCUT2D eigenvalue weighted by atomic mass is 10.2. The first kappa shape index (κ1) is 11.6. The zero-order chi connectivity index (χ0) is 11.7. The molecule has 0 spiro atoms. The molecular weight excluding hydrogens is 272 g/mol. The maximum absolute atomic E-state index is 5.68. The van der Waals surface area contributed by atoms with Gasteiger partial charge in [-0.1, -0.05) is 0 Å². The predicted molar refractivity (Wildman–Crippen MR) is 66.4 cm³/mol. The SMILES string of the molecule is C[C@@H]1CN(c2nc(N)ncc2Br)C[C@H](C)O1. The summed E-state index contributed by atoms with van der Waals surface area (Å²) in [5.41, 5.74) is 5.60. The molecule has 0 amide bonds. The monoisotopic (exact) mass is 286 g/mol. The average Bonchev–Trinajstić information content (AvgIpc) is 2.20. The molecule has 1 saturated heterocycles. The van der Waals surface area contributed by atoms with E-state index in [1.807, 2.05) is 0 Å². The van der Waals surface area contributed by atoms with Crippen LogP contribution >= 0.6 is 15.9 Å². The summed E-state index contributed by atoms with van der Waals surface area (Å²) in [7, 11) is 0. The lowest BCUT2D eigenvalue weighted by molar-refractivity contribution is -0.00550. The second-order valence-corrected chi connectivity index (χ2v) is 4.92. The Labute approximate surface area is 103 Å². The van der Waals surface area contributed by atoms with Gasteiger partial charge in [0.05, 0.1) is 16.7 Å². The summed E-state index contributed by atoms with van der Waals surface area (Å²) in [5.74, 6) is 1.14. The molecule has 0 unspecified atom stereocenters. The number of nitrogen functional groups attached to an aromatic ring is 1. The summed E-state index contributed by atoms with van der Waals surface area (Å²) in [5, 5.41) is 0. The van der Waals surface area contributed by atoms with Crippen molar-refractivity contribution in [3.8, 4) is 0 Å². The maximum atomic E-state index is 5.68. The van der Waals surface area contributed by atoms with Crippen LogP contribution in [-0.4, -0.2) is 35.3 Å². The molecule has 6 heteroatoms. The number of hydrogen-bond acceptors (Lipinski definition) is 5. The van der Waals surface area contributed by atoms with Crippen molar-refractivity contribution in [2.45, 2.75) is 26.1 Å². The van der Waals surface area contributed by atoms with Gasteiger partial charge in [-0.15, -0.1) is 0 Å². The van der Waals surface area contributed by atoms with Crippen LogP contribution in [0.25, 0.3) is 0 Å². The third kappa shape index (κ3) is 2.44. The number of hydrogen-bond donors (Lipinski definition) is 1. The number of nitrogens with zero attached hydrogens (tertiary/aromatic N) is 3. The van der Waals surface area contributed by atoms with Crippen molar-refractivity contribution >= 4 is 27.7 Å². The second-order valence-electron chi connectivity index (χ2n) is 4.06. The largest absolute Gasteiger partial charge is 0.372 e. The molecule has 1 fully saturated rings. The molecular formula is C10H15BrN4O. The van der Waals surface area contributed by atoms with Crippen molar-refractivity contribution in [2.75, 3.05) is 23.7 Å². The Morgan fingerprint density at radius 1 is 1.44 bits per heavy atom. The molecule has 1 aromatic heterocycles. The average molecular weight is 287 g/mol. The van der Waals surface area contributed by atoms with Gasteiger partial charge in [0.25, 0.3) is 0 Å². The van der Waals surface area contributed by atoms with Gasteiger partial charge in [-0.2, -0.15) is 4.98 Å². The fraction of sp³-hybridized carbons (Fsp3) is 0.600. The summed E-state index contributed by atoms with van der Waals surface area (Å²) >= 11 is 3.44. The number of halogens is 1. The van der Waals surface area contributed by atoms with Gasteiger partial charge in [-0.3, -0.25) is 0 Å². The van der Waals surface area contributed by atoms with E-state index >= 15 is 0 Å². The van der Waals surface area contributed by atoms with Gasteiger partial charge in [0.1, 0.15) is 5.82 Å². The van der Waals surface area contributed by atoms with Gasteiger partial charge in [0.2, 0.25) is 5.95 Å². The van der Waals surface area contributed by atoms with Crippen LogP contribution in [-0.2, 0) is 4.74 Å². The van der Waals surface area contributed by atoms with E-state index in [-0.39, 0.29) is 12.2 Å². The van der Waals surface area contributed by atoms with Crippen LogP contribution in [0.2, 0.25) is 0 Å². The number of morpholine rings is 1. The van der Waals surface area contributed by atoms with Crippen molar-refractivity contribution < 1.29 is 4.74 Å². The molecule has 0 radical (unpaired) electrons. The molecule has 16 heavy (non-hydrogen) atoms. The molecule has 0 bridgehead atoms. The quantitative estimate of drug-likeness (QED) is 0.846. The minimum absolute atomic E-state index is 0.201. The van der Waals surface area contributed by atoms with Crippen LogP contribution in [0.5, 0.6) is 0 Å².